The van der Waals surface area contributed by atoms with E-state index in [4.69, 9.17) is 9.15 Å². The summed E-state index contributed by atoms with van der Waals surface area (Å²) in [6, 6.07) is 8.07. The van der Waals surface area contributed by atoms with E-state index >= 15 is 0 Å². The highest BCUT2D eigenvalue weighted by atomic mass is 19.2. The fourth-order valence-corrected chi connectivity index (χ4v) is 2.14. The summed E-state index contributed by atoms with van der Waals surface area (Å²) in [5.41, 5.74) is 0.182. The Morgan fingerprint density at radius 1 is 1.15 bits per heavy atom. The predicted molar refractivity (Wildman–Crippen MR) is 86.6 cm³/mol. The van der Waals surface area contributed by atoms with E-state index < -0.39 is 28.6 Å². The Bertz CT molecular complexity index is 1000. The number of ether oxygens (including phenoxy) is 1. The number of esters is 1. The van der Waals surface area contributed by atoms with Gasteiger partial charge in [-0.05, 0) is 37.3 Å². The van der Waals surface area contributed by atoms with Gasteiger partial charge in [0.05, 0.1) is 10.5 Å². The van der Waals surface area contributed by atoms with E-state index in [0.717, 1.165) is 18.2 Å². The first kappa shape index (κ1) is 18.1. The van der Waals surface area contributed by atoms with Crippen LogP contribution in [0.1, 0.15) is 29.3 Å². The van der Waals surface area contributed by atoms with Crippen molar-refractivity contribution in [3.8, 4) is 11.5 Å². The van der Waals surface area contributed by atoms with Crippen LogP contribution in [0.2, 0.25) is 0 Å². The second-order valence-corrected chi connectivity index (χ2v) is 5.43. The quantitative estimate of drug-likeness (QED) is 0.379. The van der Waals surface area contributed by atoms with Crippen molar-refractivity contribution in [3.63, 3.8) is 0 Å². The van der Waals surface area contributed by atoms with Gasteiger partial charge in [0.2, 0.25) is 5.89 Å². The molecule has 0 unspecified atom stereocenters. The van der Waals surface area contributed by atoms with Crippen LogP contribution in [-0.2, 0) is 4.74 Å². The second-order valence-electron chi connectivity index (χ2n) is 5.43. The zero-order chi connectivity index (χ0) is 19.6. The van der Waals surface area contributed by atoms with Crippen molar-refractivity contribution in [2.24, 2.45) is 0 Å². The Labute approximate surface area is 150 Å². The number of carbonyl (C=O) groups is 1. The van der Waals surface area contributed by atoms with Crippen LogP contribution in [0.4, 0.5) is 14.5 Å². The molecule has 27 heavy (non-hydrogen) atoms. The Kier molecular flexibility index (Phi) is 4.88. The molecule has 0 amide bonds. The third kappa shape index (κ3) is 3.94. The molecular formula is C17H11F2N3O5. The molecule has 1 heterocycles. The highest BCUT2D eigenvalue weighted by molar-refractivity contribution is 5.89. The molecule has 0 saturated heterocycles. The molecule has 0 aliphatic rings. The van der Waals surface area contributed by atoms with Crippen molar-refractivity contribution >= 4 is 11.7 Å². The lowest BCUT2D eigenvalue weighted by Gasteiger charge is -2.09. The Hall–Kier alpha value is -3.69. The van der Waals surface area contributed by atoms with Crippen LogP contribution in [0.15, 0.2) is 46.9 Å². The maximum Gasteiger partial charge on any atom is 0.339 e. The number of nitro groups is 1. The predicted octanol–water partition coefficient (Wildman–Crippen LogP) is 3.84. The highest BCUT2D eigenvalue weighted by Gasteiger charge is 2.21. The van der Waals surface area contributed by atoms with Crippen LogP contribution in [0, 0.1) is 21.7 Å². The zero-order valence-electron chi connectivity index (χ0n) is 13.8. The number of non-ortho nitro benzene ring substituents is 1. The number of hydrogen-bond donors (Lipinski definition) is 0. The number of aromatic nitrogens is 2. The first-order valence-corrected chi connectivity index (χ1v) is 7.59. The zero-order valence-corrected chi connectivity index (χ0v) is 13.8. The minimum Gasteiger partial charge on any atom is -0.449 e. The number of nitrogens with zero attached hydrogens (tertiary/aromatic N) is 3. The van der Waals surface area contributed by atoms with Crippen molar-refractivity contribution < 1.29 is 27.7 Å². The Morgan fingerprint density at radius 3 is 2.48 bits per heavy atom. The van der Waals surface area contributed by atoms with Crippen LogP contribution in [0.25, 0.3) is 11.5 Å². The maximum absolute atomic E-state index is 13.2. The van der Waals surface area contributed by atoms with Crippen molar-refractivity contribution in [2.45, 2.75) is 13.0 Å². The van der Waals surface area contributed by atoms with Gasteiger partial charge in [0, 0.05) is 17.7 Å². The van der Waals surface area contributed by atoms with Crippen LogP contribution in [0.3, 0.4) is 0 Å². The number of benzene rings is 2. The molecule has 0 radical (unpaired) electrons. The first-order chi connectivity index (χ1) is 12.8. The minimum atomic E-state index is -1.17. The number of carbonyl (C=O) groups excluding carboxylic acids is 1. The van der Waals surface area contributed by atoms with Gasteiger partial charge in [-0.1, -0.05) is 0 Å². The van der Waals surface area contributed by atoms with E-state index in [-0.39, 0.29) is 23.0 Å². The molecule has 0 spiro atoms. The van der Waals surface area contributed by atoms with Crippen molar-refractivity contribution in [3.05, 3.63) is 75.7 Å². The largest absolute Gasteiger partial charge is 0.449 e. The molecule has 3 rings (SSSR count). The van der Waals surface area contributed by atoms with Gasteiger partial charge < -0.3 is 9.15 Å². The third-order valence-electron chi connectivity index (χ3n) is 3.55. The molecule has 1 aromatic heterocycles. The normalized spacial score (nSPS) is 11.8. The van der Waals surface area contributed by atoms with Gasteiger partial charge in [0.1, 0.15) is 0 Å². The Morgan fingerprint density at radius 2 is 1.85 bits per heavy atom. The van der Waals surface area contributed by atoms with Gasteiger partial charge in [-0.15, -0.1) is 10.2 Å². The number of nitro benzene ring substituents is 1. The lowest BCUT2D eigenvalue weighted by Crippen LogP contribution is -2.10. The second kappa shape index (κ2) is 7.28. The number of rotatable bonds is 5. The third-order valence-corrected chi connectivity index (χ3v) is 3.55. The van der Waals surface area contributed by atoms with Crippen LogP contribution in [-0.4, -0.2) is 21.1 Å². The molecular weight excluding hydrogens is 364 g/mol. The summed E-state index contributed by atoms with van der Waals surface area (Å²) < 4.78 is 36.6. The van der Waals surface area contributed by atoms with E-state index in [1.54, 1.807) is 0 Å². The topological polar surface area (TPSA) is 108 Å². The molecule has 8 nitrogen and oxygen atoms in total. The van der Waals surface area contributed by atoms with Gasteiger partial charge in [0.25, 0.3) is 11.6 Å². The fraction of sp³-hybridized carbons (Fsp3) is 0.118. The van der Waals surface area contributed by atoms with E-state index in [2.05, 4.69) is 10.2 Å². The summed E-state index contributed by atoms with van der Waals surface area (Å²) in [6.07, 6.45) is -0.954. The summed E-state index contributed by atoms with van der Waals surface area (Å²) in [6.45, 7) is 1.46. The summed E-state index contributed by atoms with van der Waals surface area (Å²) in [5, 5.41) is 18.2. The molecule has 0 aliphatic carbocycles. The molecule has 0 saturated carbocycles. The van der Waals surface area contributed by atoms with Gasteiger partial charge in [-0.3, -0.25) is 10.1 Å². The van der Waals surface area contributed by atoms with Gasteiger partial charge >= 0.3 is 5.97 Å². The first-order valence-electron chi connectivity index (χ1n) is 7.59. The average Bonchev–Trinajstić information content (AvgIpc) is 3.14. The van der Waals surface area contributed by atoms with Gasteiger partial charge in [0.15, 0.2) is 17.7 Å². The van der Waals surface area contributed by atoms with Crippen molar-refractivity contribution in [1.29, 1.82) is 0 Å². The number of halogens is 2. The SMILES string of the molecule is C[C@@H](OC(=O)c1ccc(F)c(F)c1)c1nnc(-c2ccc([N+](=O)[O-])cc2)o1. The fourth-order valence-electron chi connectivity index (χ4n) is 2.14. The highest BCUT2D eigenvalue weighted by Crippen LogP contribution is 2.25. The molecule has 0 aliphatic heterocycles. The standard InChI is InChI=1S/C17H11F2N3O5/c1-9(26-17(23)11-4-7-13(18)14(19)8-11)15-20-21-16(27-15)10-2-5-12(6-3-10)22(24)25/h2-9H,1H3/t9-/m1/s1. The molecule has 0 N–H and O–H groups in total. The average molecular weight is 375 g/mol. The van der Waals surface area contributed by atoms with Gasteiger partial charge in [-0.25, -0.2) is 13.6 Å². The minimum absolute atomic E-state index is 0.0284. The van der Waals surface area contributed by atoms with Crippen LogP contribution < -0.4 is 0 Å². The molecule has 0 fully saturated rings. The van der Waals surface area contributed by atoms with Crippen LogP contribution in [0.5, 0.6) is 0 Å². The Balaban J connectivity index is 1.72. The van der Waals surface area contributed by atoms with E-state index in [0.29, 0.717) is 5.56 Å². The smallest absolute Gasteiger partial charge is 0.339 e. The lowest BCUT2D eigenvalue weighted by atomic mass is 10.2. The molecule has 10 heteroatoms. The molecule has 2 aromatic carbocycles. The lowest BCUT2D eigenvalue weighted by molar-refractivity contribution is -0.384. The molecule has 1 atom stereocenters. The van der Waals surface area contributed by atoms with Crippen molar-refractivity contribution in [1.82, 2.24) is 10.2 Å². The summed E-state index contributed by atoms with van der Waals surface area (Å²) in [7, 11) is 0. The molecule has 138 valence electrons. The molecule has 0 bridgehead atoms. The monoisotopic (exact) mass is 375 g/mol. The van der Waals surface area contributed by atoms with E-state index in [9.17, 15) is 23.7 Å². The van der Waals surface area contributed by atoms with Crippen LogP contribution >= 0.6 is 0 Å². The van der Waals surface area contributed by atoms with E-state index in [1.807, 2.05) is 0 Å². The summed E-state index contributed by atoms with van der Waals surface area (Å²) in [5.74, 6) is -3.09. The van der Waals surface area contributed by atoms with Crippen molar-refractivity contribution in [2.75, 3.05) is 0 Å². The van der Waals surface area contributed by atoms with E-state index in [1.165, 1.54) is 31.2 Å². The maximum atomic E-state index is 13.2. The number of hydrogen-bond acceptors (Lipinski definition) is 7. The van der Waals surface area contributed by atoms with Gasteiger partial charge in [-0.2, -0.15) is 0 Å². The molecule has 3 aromatic rings. The summed E-state index contributed by atoms with van der Waals surface area (Å²) >= 11 is 0. The summed E-state index contributed by atoms with van der Waals surface area (Å²) in [4.78, 5) is 22.1.